The van der Waals surface area contributed by atoms with Gasteiger partial charge in [-0.1, -0.05) is 12.1 Å². The van der Waals surface area contributed by atoms with Crippen LogP contribution < -0.4 is 5.32 Å². The first kappa shape index (κ1) is 12.3. The first-order chi connectivity index (χ1) is 9.83. The summed E-state index contributed by atoms with van der Waals surface area (Å²) in [5.41, 5.74) is 4.07. The summed E-state index contributed by atoms with van der Waals surface area (Å²) < 4.78 is 1.65. The summed E-state index contributed by atoms with van der Waals surface area (Å²) in [5.74, 6) is 0. The number of rotatable bonds is 4. The Hall–Kier alpha value is -2.76. The fourth-order valence-electron chi connectivity index (χ4n) is 1.93. The maximum atomic E-state index is 4.28. The molecule has 0 spiro atoms. The van der Waals surface area contributed by atoms with E-state index in [1.807, 2.05) is 43.3 Å². The van der Waals surface area contributed by atoms with E-state index < -0.39 is 0 Å². The summed E-state index contributed by atoms with van der Waals surface area (Å²) in [5, 5.41) is 14.6. The number of nitrogens with one attached hydrogen (secondary N) is 1. The van der Waals surface area contributed by atoms with Crippen LogP contribution in [0.3, 0.4) is 0 Å². The molecule has 3 aromatic rings. The molecular formula is C14H14N6. The molecule has 0 unspecified atom stereocenters. The van der Waals surface area contributed by atoms with Crippen molar-refractivity contribution in [3.8, 4) is 5.69 Å². The lowest BCUT2D eigenvalue weighted by Crippen LogP contribution is -2.03. The highest BCUT2D eigenvalue weighted by Crippen LogP contribution is 2.18. The van der Waals surface area contributed by atoms with Crippen molar-refractivity contribution < 1.29 is 0 Å². The predicted molar refractivity (Wildman–Crippen MR) is 75.5 cm³/mol. The van der Waals surface area contributed by atoms with Gasteiger partial charge in [0.2, 0.25) is 0 Å². The molecule has 0 atom stereocenters. The topological polar surface area (TPSA) is 68.5 Å². The second-order valence-electron chi connectivity index (χ2n) is 4.43. The van der Waals surface area contributed by atoms with E-state index in [-0.39, 0.29) is 0 Å². The normalized spacial score (nSPS) is 10.4. The van der Waals surface area contributed by atoms with Crippen LogP contribution in [0.1, 0.15) is 11.3 Å². The van der Waals surface area contributed by atoms with Crippen LogP contribution in [0.5, 0.6) is 0 Å². The van der Waals surface area contributed by atoms with Gasteiger partial charge in [0.25, 0.3) is 0 Å². The fraction of sp³-hybridized carbons (Fsp3) is 0.143. The zero-order chi connectivity index (χ0) is 13.8. The Morgan fingerprint density at radius 1 is 1.20 bits per heavy atom. The van der Waals surface area contributed by atoms with Gasteiger partial charge >= 0.3 is 0 Å². The number of tetrazole rings is 1. The van der Waals surface area contributed by atoms with Crippen LogP contribution in [-0.2, 0) is 6.54 Å². The molecule has 0 amide bonds. The molecule has 1 N–H and O–H groups in total. The number of benzene rings is 1. The fourth-order valence-corrected chi connectivity index (χ4v) is 1.93. The standard InChI is InChI=1S/C14H14N6/c1-11-5-6-12(8-14(11)20-10-17-18-19-20)16-9-13-4-2-3-7-15-13/h2-8,10,16H,9H2,1H3. The average molecular weight is 266 g/mol. The molecule has 0 aliphatic carbocycles. The summed E-state index contributed by atoms with van der Waals surface area (Å²) in [6, 6.07) is 12.0. The smallest absolute Gasteiger partial charge is 0.143 e. The minimum atomic E-state index is 0.680. The summed E-state index contributed by atoms with van der Waals surface area (Å²) in [6.07, 6.45) is 3.38. The number of hydrogen-bond acceptors (Lipinski definition) is 5. The Morgan fingerprint density at radius 3 is 2.90 bits per heavy atom. The third-order valence-corrected chi connectivity index (χ3v) is 3.00. The molecule has 0 fully saturated rings. The van der Waals surface area contributed by atoms with Crippen LogP contribution in [0.15, 0.2) is 48.9 Å². The molecule has 0 bridgehead atoms. The Bertz CT molecular complexity index is 678. The van der Waals surface area contributed by atoms with Crippen molar-refractivity contribution in [2.24, 2.45) is 0 Å². The van der Waals surface area contributed by atoms with Gasteiger partial charge in [-0.3, -0.25) is 4.98 Å². The molecule has 0 saturated heterocycles. The van der Waals surface area contributed by atoms with Crippen LogP contribution in [0.4, 0.5) is 5.69 Å². The van der Waals surface area contributed by atoms with Gasteiger partial charge in [0.1, 0.15) is 6.33 Å². The SMILES string of the molecule is Cc1ccc(NCc2ccccn2)cc1-n1cnnn1. The van der Waals surface area contributed by atoms with E-state index >= 15 is 0 Å². The number of aromatic nitrogens is 5. The van der Waals surface area contributed by atoms with Crippen LogP contribution in [0.2, 0.25) is 0 Å². The molecule has 2 heterocycles. The summed E-state index contributed by atoms with van der Waals surface area (Å²) in [6.45, 7) is 2.71. The van der Waals surface area contributed by atoms with Crippen molar-refractivity contribution in [2.45, 2.75) is 13.5 Å². The van der Waals surface area contributed by atoms with Crippen LogP contribution in [-0.4, -0.2) is 25.2 Å². The molecule has 6 nitrogen and oxygen atoms in total. The van der Waals surface area contributed by atoms with Gasteiger partial charge in [0.15, 0.2) is 0 Å². The van der Waals surface area contributed by atoms with E-state index in [1.165, 1.54) is 0 Å². The lowest BCUT2D eigenvalue weighted by molar-refractivity contribution is 0.785. The Kier molecular flexibility index (Phi) is 3.36. The number of aryl methyl sites for hydroxylation is 1. The minimum absolute atomic E-state index is 0.680. The maximum absolute atomic E-state index is 4.28. The van der Waals surface area contributed by atoms with Crippen molar-refractivity contribution >= 4 is 5.69 Å². The Labute approximate surface area is 116 Å². The number of anilines is 1. The van der Waals surface area contributed by atoms with Gasteiger partial charge in [-0.2, -0.15) is 0 Å². The molecule has 0 aliphatic rings. The van der Waals surface area contributed by atoms with Crippen LogP contribution in [0, 0.1) is 6.92 Å². The summed E-state index contributed by atoms with van der Waals surface area (Å²) >= 11 is 0. The third kappa shape index (κ3) is 2.64. The van der Waals surface area contributed by atoms with Crippen molar-refractivity contribution in [1.29, 1.82) is 0 Å². The van der Waals surface area contributed by atoms with Crippen molar-refractivity contribution in [2.75, 3.05) is 5.32 Å². The quantitative estimate of drug-likeness (QED) is 0.782. The highest BCUT2D eigenvalue weighted by atomic mass is 15.5. The van der Waals surface area contributed by atoms with Gasteiger partial charge in [-0.25, -0.2) is 4.68 Å². The molecule has 6 heteroatoms. The summed E-state index contributed by atoms with van der Waals surface area (Å²) in [4.78, 5) is 4.28. The molecule has 0 radical (unpaired) electrons. The first-order valence-corrected chi connectivity index (χ1v) is 6.31. The molecule has 100 valence electrons. The maximum Gasteiger partial charge on any atom is 0.143 e. The molecular weight excluding hydrogens is 252 g/mol. The van der Waals surface area contributed by atoms with Gasteiger partial charge in [-0.05, 0) is 47.2 Å². The Morgan fingerprint density at radius 2 is 2.15 bits per heavy atom. The van der Waals surface area contributed by atoms with Gasteiger partial charge in [-0.15, -0.1) is 5.10 Å². The molecule has 2 aromatic heterocycles. The molecule has 3 rings (SSSR count). The second kappa shape index (κ2) is 5.48. The van der Waals surface area contributed by atoms with E-state index in [2.05, 4.69) is 25.8 Å². The third-order valence-electron chi connectivity index (χ3n) is 3.00. The zero-order valence-corrected chi connectivity index (χ0v) is 11.1. The average Bonchev–Trinajstić information content (AvgIpc) is 3.01. The largest absolute Gasteiger partial charge is 0.379 e. The lowest BCUT2D eigenvalue weighted by atomic mass is 10.2. The van der Waals surface area contributed by atoms with E-state index in [4.69, 9.17) is 0 Å². The van der Waals surface area contributed by atoms with Gasteiger partial charge in [0, 0.05) is 11.9 Å². The summed E-state index contributed by atoms with van der Waals surface area (Å²) in [7, 11) is 0. The number of pyridine rings is 1. The predicted octanol–water partition coefficient (Wildman–Crippen LogP) is 1.98. The van der Waals surface area contributed by atoms with Crippen molar-refractivity contribution in [3.63, 3.8) is 0 Å². The molecule has 1 aromatic carbocycles. The van der Waals surface area contributed by atoms with Crippen molar-refractivity contribution in [1.82, 2.24) is 25.2 Å². The van der Waals surface area contributed by atoms with Crippen LogP contribution >= 0.6 is 0 Å². The number of hydrogen-bond donors (Lipinski definition) is 1. The van der Waals surface area contributed by atoms with Crippen molar-refractivity contribution in [3.05, 3.63) is 60.2 Å². The highest BCUT2D eigenvalue weighted by Gasteiger charge is 2.04. The van der Waals surface area contributed by atoms with E-state index in [0.717, 1.165) is 22.6 Å². The molecule has 0 saturated carbocycles. The minimum Gasteiger partial charge on any atom is -0.379 e. The zero-order valence-electron chi connectivity index (χ0n) is 11.1. The first-order valence-electron chi connectivity index (χ1n) is 6.31. The molecule has 0 aliphatic heterocycles. The van der Waals surface area contributed by atoms with E-state index in [9.17, 15) is 0 Å². The lowest BCUT2D eigenvalue weighted by Gasteiger charge is -2.10. The Balaban J connectivity index is 1.79. The monoisotopic (exact) mass is 266 g/mol. The van der Waals surface area contributed by atoms with Gasteiger partial charge in [0.05, 0.1) is 17.9 Å². The highest BCUT2D eigenvalue weighted by molar-refractivity contribution is 5.54. The molecule has 20 heavy (non-hydrogen) atoms. The van der Waals surface area contributed by atoms with Gasteiger partial charge < -0.3 is 5.32 Å². The second-order valence-corrected chi connectivity index (χ2v) is 4.43. The number of nitrogens with zero attached hydrogens (tertiary/aromatic N) is 5. The van der Waals surface area contributed by atoms with E-state index in [0.29, 0.717) is 6.54 Å². The van der Waals surface area contributed by atoms with E-state index in [1.54, 1.807) is 17.2 Å². The van der Waals surface area contributed by atoms with Crippen LogP contribution in [0.25, 0.3) is 5.69 Å².